The number of rotatable bonds is 4. The zero-order chi connectivity index (χ0) is 19.1. The van der Waals surface area contributed by atoms with Gasteiger partial charge in [-0.05, 0) is 37.6 Å². The Bertz CT molecular complexity index is 1160. The van der Waals surface area contributed by atoms with Crippen LogP contribution in [-0.4, -0.2) is 34.0 Å². The molecule has 0 amide bonds. The average molecular weight is 375 g/mol. The van der Waals surface area contributed by atoms with Crippen LogP contribution >= 0.6 is 0 Å². The lowest BCUT2D eigenvalue weighted by Gasteiger charge is -2.15. The third-order valence-electron chi connectivity index (χ3n) is 5.38. The Kier molecular flexibility index (Phi) is 4.22. The van der Waals surface area contributed by atoms with Crippen molar-refractivity contribution in [1.82, 2.24) is 14.5 Å². The van der Waals surface area contributed by atoms with Gasteiger partial charge in [-0.2, -0.15) is 0 Å². The first-order valence-corrected chi connectivity index (χ1v) is 9.40. The zero-order valence-corrected chi connectivity index (χ0v) is 15.9. The van der Waals surface area contributed by atoms with Crippen molar-refractivity contribution in [3.05, 3.63) is 60.2 Å². The first-order chi connectivity index (χ1) is 13.7. The lowest BCUT2D eigenvalue weighted by Crippen LogP contribution is -2.18. The van der Waals surface area contributed by atoms with Gasteiger partial charge in [0.2, 0.25) is 5.88 Å². The van der Waals surface area contributed by atoms with E-state index in [2.05, 4.69) is 28.4 Å². The molecule has 1 aliphatic rings. The Morgan fingerprint density at radius 2 is 1.89 bits per heavy atom. The molecule has 1 saturated heterocycles. The largest absolute Gasteiger partial charge is 0.436 e. The van der Waals surface area contributed by atoms with E-state index >= 15 is 0 Å². The summed E-state index contributed by atoms with van der Waals surface area (Å²) in [5.41, 5.74) is 3.33. The average Bonchev–Trinajstić information content (AvgIpc) is 3.32. The van der Waals surface area contributed by atoms with Gasteiger partial charge in [-0.25, -0.2) is 4.98 Å². The van der Waals surface area contributed by atoms with Crippen LogP contribution in [0.5, 0.6) is 11.6 Å². The van der Waals surface area contributed by atoms with Crippen molar-refractivity contribution < 1.29 is 14.2 Å². The topological polar surface area (TPSA) is 58.4 Å². The van der Waals surface area contributed by atoms with Crippen molar-refractivity contribution in [3.8, 4) is 11.6 Å². The molecule has 28 heavy (non-hydrogen) atoms. The van der Waals surface area contributed by atoms with Crippen molar-refractivity contribution in [1.29, 1.82) is 0 Å². The smallest absolute Gasteiger partial charge is 0.244 e. The molecule has 4 aromatic rings. The van der Waals surface area contributed by atoms with Crippen LogP contribution < -0.4 is 4.74 Å². The van der Waals surface area contributed by atoms with E-state index in [1.54, 1.807) is 12.4 Å². The van der Waals surface area contributed by atoms with Gasteiger partial charge >= 0.3 is 0 Å². The van der Waals surface area contributed by atoms with Crippen molar-refractivity contribution in [3.63, 3.8) is 0 Å². The van der Waals surface area contributed by atoms with Crippen LogP contribution in [0, 0.1) is 13.8 Å². The fourth-order valence-corrected chi connectivity index (χ4v) is 3.81. The highest BCUT2D eigenvalue weighted by Gasteiger charge is 2.22. The monoisotopic (exact) mass is 375 g/mol. The molecule has 1 aromatic carbocycles. The number of hydrogen-bond donors (Lipinski definition) is 0. The van der Waals surface area contributed by atoms with E-state index < -0.39 is 0 Å². The fraction of sp³-hybridized carbons (Fsp3) is 0.273. The number of fused-ring (bicyclic) bond motifs is 2. The molecule has 4 heterocycles. The molecule has 0 spiro atoms. The van der Waals surface area contributed by atoms with E-state index in [-0.39, 0.29) is 6.29 Å². The van der Waals surface area contributed by atoms with Crippen LogP contribution in [0.4, 0.5) is 0 Å². The summed E-state index contributed by atoms with van der Waals surface area (Å²) >= 11 is 0. The normalized spacial score (nSPS) is 14.9. The molecule has 5 rings (SSSR count). The van der Waals surface area contributed by atoms with Gasteiger partial charge in [0.25, 0.3) is 0 Å². The zero-order valence-electron chi connectivity index (χ0n) is 15.9. The molecule has 6 heteroatoms. The predicted molar refractivity (Wildman–Crippen MR) is 107 cm³/mol. The Morgan fingerprint density at radius 3 is 2.75 bits per heavy atom. The van der Waals surface area contributed by atoms with E-state index in [1.807, 2.05) is 36.5 Å². The summed E-state index contributed by atoms with van der Waals surface area (Å²) in [4.78, 5) is 8.75. The maximum atomic E-state index is 6.34. The van der Waals surface area contributed by atoms with Gasteiger partial charge in [-0.1, -0.05) is 12.1 Å². The van der Waals surface area contributed by atoms with Gasteiger partial charge in [0, 0.05) is 40.4 Å². The number of pyridine rings is 2. The Balaban J connectivity index is 1.64. The second-order valence-electron chi connectivity index (χ2n) is 6.96. The summed E-state index contributed by atoms with van der Waals surface area (Å²) in [5.74, 6) is 1.34. The first kappa shape index (κ1) is 17.2. The highest BCUT2D eigenvalue weighted by molar-refractivity contribution is 5.91. The lowest BCUT2D eigenvalue weighted by atomic mass is 10.1. The van der Waals surface area contributed by atoms with Crippen molar-refractivity contribution in [2.45, 2.75) is 26.7 Å². The van der Waals surface area contributed by atoms with Gasteiger partial charge < -0.3 is 18.8 Å². The summed E-state index contributed by atoms with van der Waals surface area (Å²) in [6.45, 7) is 6.11. The van der Waals surface area contributed by atoms with Crippen LogP contribution in [0.25, 0.3) is 21.7 Å². The Labute approximate surface area is 162 Å². The van der Waals surface area contributed by atoms with Gasteiger partial charge in [0.1, 0.15) is 11.3 Å². The molecule has 0 saturated carbocycles. The van der Waals surface area contributed by atoms with Crippen molar-refractivity contribution in [2.24, 2.45) is 0 Å². The fourth-order valence-electron chi connectivity index (χ4n) is 3.81. The third-order valence-corrected chi connectivity index (χ3v) is 5.38. The minimum Gasteiger partial charge on any atom is -0.436 e. The summed E-state index contributed by atoms with van der Waals surface area (Å²) in [6.07, 6.45) is 5.16. The number of aryl methyl sites for hydroxylation is 1. The van der Waals surface area contributed by atoms with Gasteiger partial charge in [-0.15, -0.1) is 0 Å². The SMILES string of the molecule is Cc1c(C)n(CC2OCCO2)c2c(Oc3cccc4cnccc34)nccc12. The molecular formula is C22H21N3O3. The van der Waals surface area contributed by atoms with Crippen LogP contribution in [0.1, 0.15) is 11.3 Å². The quantitative estimate of drug-likeness (QED) is 0.530. The summed E-state index contributed by atoms with van der Waals surface area (Å²) < 4.78 is 19.9. The van der Waals surface area contributed by atoms with Crippen LogP contribution in [-0.2, 0) is 16.0 Å². The number of benzene rings is 1. The molecule has 0 atom stereocenters. The minimum absolute atomic E-state index is 0.245. The highest BCUT2D eigenvalue weighted by atomic mass is 16.7. The number of aromatic nitrogens is 3. The summed E-state index contributed by atoms with van der Waals surface area (Å²) in [5, 5.41) is 3.16. The molecule has 1 aliphatic heterocycles. The van der Waals surface area contributed by atoms with E-state index in [9.17, 15) is 0 Å². The van der Waals surface area contributed by atoms with E-state index in [0.717, 1.165) is 33.1 Å². The van der Waals surface area contributed by atoms with Gasteiger partial charge in [0.15, 0.2) is 6.29 Å². The van der Waals surface area contributed by atoms with Crippen LogP contribution in [0.15, 0.2) is 48.9 Å². The highest BCUT2D eigenvalue weighted by Crippen LogP contribution is 2.35. The lowest BCUT2D eigenvalue weighted by molar-refractivity contribution is -0.0520. The van der Waals surface area contributed by atoms with Crippen molar-refractivity contribution >= 4 is 21.7 Å². The van der Waals surface area contributed by atoms with E-state index in [4.69, 9.17) is 14.2 Å². The van der Waals surface area contributed by atoms with Crippen LogP contribution in [0.3, 0.4) is 0 Å². The number of hydrogen-bond acceptors (Lipinski definition) is 5. The molecular weight excluding hydrogens is 354 g/mol. The number of nitrogens with zero attached hydrogens (tertiary/aromatic N) is 3. The molecule has 0 unspecified atom stereocenters. The van der Waals surface area contributed by atoms with Gasteiger partial charge in [0.05, 0.1) is 19.8 Å². The molecule has 1 fully saturated rings. The molecule has 0 radical (unpaired) electrons. The third kappa shape index (κ3) is 2.82. The van der Waals surface area contributed by atoms with Crippen LogP contribution in [0.2, 0.25) is 0 Å². The van der Waals surface area contributed by atoms with Gasteiger partial charge in [-0.3, -0.25) is 4.98 Å². The molecule has 0 aliphatic carbocycles. The Hall–Kier alpha value is -2.96. The van der Waals surface area contributed by atoms with E-state index in [1.165, 1.54) is 5.56 Å². The second-order valence-corrected chi connectivity index (χ2v) is 6.96. The summed E-state index contributed by atoms with van der Waals surface area (Å²) in [7, 11) is 0. The molecule has 0 bridgehead atoms. The molecule has 3 aromatic heterocycles. The molecule has 6 nitrogen and oxygen atoms in total. The number of ether oxygens (including phenoxy) is 3. The van der Waals surface area contributed by atoms with Crippen molar-refractivity contribution in [2.75, 3.05) is 13.2 Å². The van der Waals surface area contributed by atoms with E-state index in [0.29, 0.717) is 25.6 Å². The summed E-state index contributed by atoms with van der Waals surface area (Å²) in [6, 6.07) is 9.94. The molecule has 0 N–H and O–H groups in total. The Morgan fingerprint density at radius 1 is 1.07 bits per heavy atom. The molecule has 142 valence electrons. The minimum atomic E-state index is -0.245. The standard InChI is InChI=1S/C22H21N3O3/c1-14-15(2)25(13-20-26-10-11-27-20)21-17(14)7-9-24-22(21)28-19-5-3-4-16-12-23-8-6-18(16)19/h3-9,12,20H,10-11,13H2,1-2H3. The maximum Gasteiger partial charge on any atom is 0.244 e. The predicted octanol–water partition coefficient (Wildman–Crippen LogP) is 4.37. The maximum absolute atomic E-state index is 6.34. The first-order valence-electron chi connectivity index (χ1n) is 9.40. The second kappa shape index (κ2) is 6.89.